The molecule has 0 spiro atoms. The number of hydrogen-bond acceptors (Lipinski definition) is 8. The smallest absolute Gasteiger partial charge is 0.337 e. The van der Waals surface area contributed by atoms with Crippen molar-refractivity contribution in [3.05, 3.63) is 173 Å². The summed E-state index contributed by atoms with van der Waals surface area (Å²) in [4.78, 5) is 41.7. The molecule has 0 saturated heterocycles. The van der Waals surface area contributed by atoms with Gasteiger partial charge < -0.3 is 14.8 Å². The molecule has 9 nitrogen and oxygen atoms in total. The normalized spacial score (nSPS) is 14.6. The monoisotopic (exact) mass is 727 g/mol. The Balaban J connectivity index is 1.34. The Labute approximate surface area is 320 Å². The van der Waals surface area contributed by atoms with Crippen molar-refractivity contribution >= 4 is 28.7 Å². The van der Waals surface area contributed by atoms with Gasteiger partial charge in [-0.2, -0.15) is 0 Å². The molecular weight excluding hydrogens is 687 g/mol. The van der Waals surface area contributed by atoms with E-state index in [1.807, 2.05) is 86.6 Å². The van der Waals surface area contributed by atoms with Crippen molar-refractivity contribution in [3.8, 4) is 17.5 Å². The number of allylic oxidation sites excluding steroid dienone is 1. The molecule has 4 heterocycles. The van der Waals surface area contributed by atoms with E-state index in [1.54, 1.807) is 44.7 Å². The van der Waals surface area contributed by atoms with Crippen molar-refractivity contribution in [1.29, 1.82) is 0 Å². The van der Waals surface area contributed by atoms with E-state index in [4.69, 9.17) is 9.47 Å². The van der Waals surface area contributed by atoms with Gasteiger partial charge in [-0.3, -0.25) is 14.5 Å². The first kappa shape index (κ1) is 36.6. The van der Waals surface area contributed by atoms with E-state index in [0.29, 0.717) is 34.5 Å². The van der Waals surface area contributed by atoms with Gasteiger partial charge in [0.15, 0.2) is 6.10 Å². The van der Waals surface area contributed by atoms with Crippen molar-refractivity contribution in [1.82, 2.24) is 24.8 Å². The van der Waals surface area contributed by atoms with Crippen LogP contribution in [-0.4, -0.2) is 44.2 Å². The summed E-state index contributed by atoms with van der Waals surface area (Å²) < 4.78 is 13.9. The summed E-state index contributed by atoms with van der Waals surface area (Å²) in [6, 6.07) is 33.8. The Morgan fingerprint density at radius 1 is 0.818 bits per heavy atom. The standard InChI is InChI=1S/C46H41N5O4/c1-5-54-45(52)43-39(27-38(34-14-8-6-9-15-34)35-16-10-7-11-17-35)42(46(53)55-30(2)18-19-33-13-12-25-47-28-33)31(3)49-44(43)36-20-22-37(23-21-36)51-32(4)50-40-29-48-26-24-41(40)51/h6-17,20-26,28-30,38-39,49H,5,27H2,1-4H3. The van der Waals surface area contributed by atoms with E-state index in [9.17, 15) is 9.59 Å². The Bertz CT molecular complexity index is 2410. The van der Waals surface area contributed by atoms with E-state index >= 15 is 0 Å². The van der Waals surface area contributed by atoms with Gasteiger partial charge >= 0.3 is 11.9 Å². The predicted octanol–water partition coefficient (Wildman–Crippen LogP) is 8.10. The van der Waals surface area contributed by atoms with Gasteiger partial charge in [-0.25, -0.2) is 14.6 Å². The van der Waals surface area contributed by atoms with Gasteiger partial charge in [0.05, 0.1) is 35.2 Å². The van der Waals surface area contributed by atoms with Crippen molar-refractivity contribution in [2.24, 2.45) is 5.92 Å². The summed E-state index contributed by atoms with van der Waals surface area (Å²) in [6.07, 6.45) is 6.48. The maximum atomic E-state index is 14.4. The number of nitrogens with zero attached hydrogens (tertiary/aromatic N) is 4. The molecule has 9 heteroatoms. The molecule has 1 aliphatic heterocycles. The summed E-state index contributed by atoms with van der Waals surface area (Å²) in [5.41, 5.74) is 8.10. The number of aromatic nitrogens is 4. The van der Waals surface area contributed by atoms with Crippen LogP contribution in [0, 0.1) is 24.7 Å². The van der Waals surface area contributed by atoms with Crippen LogP contribution in [0.1, 0.15) is 61.2 Å². The van der Waals surface area contributed by atoms with Crippen LogP contribution in [0.15, 0.2) is 145 Å². The second-order valence-corrected chi connectivity index (χ2v) is 13.3. The average Bonchev–Trinajstić information content (AvgIpc) is 3.55. The molecule has 2 atom stereocenters. The minimum absolute atomic E-state index is 0.160. The Hall–Kier alpha value is -6.79. The highest BCUT2D eigenvalue weighted by Crippen LogP contribution is 2.43. The second kappa shape index (κ2) is 16.5. The number of pyridine rings is 2. The summed E-state index contributed by atoms with van der Waals surface area (Å²) >= 11 is 0. The van der Waals surface area contributed by atoms with Gasteiger partial charge in [0.25, 0.3) is 0 Å². The Morgan fingerprint density at radius 2 is 1.51 bits per heavy atom. The number of carbonyl (C=O) groups excluding carboxylic acids is 2. The Morgan fingerprint density at radius 3 is 2.16 bits per heavy atom. The number of aryl methyl sites for hydroxylation is 1. The molecule has 0 radical (unpaired) electrons. The minimum atomic E-state index is -0.741. The zero-order valence-electron chi connectivity index (χ0n) is 31.2. The first-order valence-electron chi connectivity index (χ1n) is 18.3. The number of rotatable bonds is 10. The van der Waals surface area contributed by atoms with Crippen LogP contribution < -0.4 is 5.32 Å². The molecule has 0 aliphatic carbocycles. The average molecular weight is 728 g/mol. The maximum absolute atomic E-state index is 14.4. The zero-order chi connectivity index (χ0) is 38.3. The fourth-order valence-electron chi connectivity index (χ4n) is 7.22. The van der Waals surface area contributed by atoms with Crippen molar-refractivity contribution in [2.45, 2.75) is 46.1 Å². The Kier molecular flexibility index (Phi) is 11.0. The lowest BCUT2D eigenvalue weighted by Crippen LogP contribution is -2.35. The number of ether oxygens (including phenoxy) is 2. The number of carbonyl (C=O) groups is 2. The topological polar surface area (TPSA) is 108 Å². The third-order valence-electron chi connectivity index (χ3n) is 9.68. The first-order chi connectivity index (χ1) is 26.8. The number of benzene rings is 3. The molecule has 3 aromatic carbocycles. The molecule has 6 aromatic rings. The molecule has 1 N–H and O–H groups in total. The zero-order valence-corrected chi connectivity index (χ0v) is 31.2. The van der Waals surface area contributed by atoms with E-state index in [0.717, 1.165) is 39.2 Å². The molecule has 2 unspecified atom stereocenters. The van der Waals surface area contributed by atoms with Gasteiger partial charge in [0.2, 0.25) is 0 Å². The molecule has 0 bridgehead atoms. The van der Waals surface area contributed by atoms with Crippen molar-refractivity contribution < 1.29 is 19.1 Å². The molecule has 7 rings (SSSR count). The van der Waals surface area contributed by atoms with Crippen LogP contribution in [0.2, 0.25) is 0 Å². The van der Waals surface area contributed by atoms with Crippen LogP contribution in [0.25, 0.3) is 22.4 Å². The minimum Gasteiger partial charge on any atom is -0.463 e. The number of imidazole rings is 1. The summed E-state index contributed by atoms with van der Waals surface area (Å²) in [7, 11) is 0. The van der Waals surface area contributed by atoms with Crippen molar-refractivity contribution in [2.75, 3.05) is 6.61 Å². The molecule has 0 saturated carbocycles. The highest BCUT2D eigenvalue weighted by Gasteiger charge is 2.40. The third-order valence-corrected chi connectivity index (χ3v) is 9.68. The highest BCUT2D eigenvalue weighted by atomic mass is 16.5. The summed E-state index contributed by atoms with van der Waals surface area (Å²) in [6.45, 7) is 7.48. The quantitative estimate of drug-likeness (QED) is 0.111. The lowest BCUT2D eigenvalue weighted by atomic mass is 9.75. The number of hydrogen-bond donors (Lipinski definition) is 1. The van der Waals surface area contributed by atoms with E-state index < -0.39 is 24.0 Å². The van der Waals surface area contributed by atoms with Gasteiger partial charge in [0.1, 0.15) is 11.3 Å². The summed E-state index contributed by atoms with van der Waals surface area (Å²) in [5, 5.41) is 3.45. The molecule has 55 heavy (non-hydrogen) atoms. The van der Waals surface area contributed by atoms with E-state index in [1.165, 1.54) is 0 Å². The largest absolute Gasteiger partial charge is 0.463 e. The lowest BCUT2D eigenvalue weighted by Gasteiger charge is -2.34. The molecule has 0 amide bonds. The van der Waals surface area contributed by atoms with Crippen LogP contribution in [0.4, 0.5) is 0 Å². The molecule has 274 valence electrons. The molecular formula is C46H41N5O4. The second-order valence-electron chi connectivity index (χ2n) is 13.3. The third kappa shape index (κ3) is 7.94. The van der Waals surface area contributed by atoms with Crippen molar-refractivity contribution in [3.63, 3.8) is 0 Å². The molecule has 0 fully saturated rings. The maximum Gasteiger partial charge on any atom is 0.337 e. The number of nitrogens with one attached hydrogen (secondary N) is 1. The van der Waals surface area contributed by atoms with Crippen LogP contribution in [0.5, 0.6) is 0 Å². The van der Waals surface area contributed by atoms with Crippen LogP contribution >= 0.6 is 0 Å². The van der Waals surface area contributed by atoms with E-state index in [2.05, 4.69) is 60.9 Å². The first-order valence-corrected chi connectivity index (χ1v) is 18.3. The summed E-state index contributed by atoms with van der Waals surface area (Å²) in [5.74, 6) is 4.93. The molecule has 3 aromatic heterocycles. The van der Waals surface area contributed by atoms with Gasteiger partial charge in [-0.15, -0.1) is 0 Å². The van der Waals surface area contributed by atoms with Gasteiger partial charge in [-0.05, 0) is 81.1 Å². The number of fused-ring (bicyclic) bond motifs is 1. The van der Waals surface area contributed by atoms with E-state index in [-0.39, 0.29) is 12.5 Å². The fraction of sp³-hybridized carbons (Fsp3) is 0.196. The number of esters is 2. The SMILES string of the molecule is CCOC(=O)C1=C(c2ccc(-n3c(C)nc4cnccc43)cc2)NC(C)=C(C(=O)OC(C)C#Cc2cccnc2)C1CC(c1ccccc1)c1ccccc1. The van der Waals surface area contributed by atoms with Gasteiger partial charge in [0, 0.05) is 47.4 Å². The highest BCUT2D eigenvalue weighted by molar-refractivity contribution is 6.04. The number of dihydropyridines is 1. The predicted molar refractivity (Wildman–Crippen MR) is 212 cm³/mol. The van der Waals surface area contributed by atoms with Crippen LogP contribution in [-0.2, 0) is 19.1 Å². The fourth-order valence-corrected chi connectivity index (χ4v) is 7.22. The van der Waals surface area contributed by atoms with Gasteiger partial charge in [-0.1, -0.05) is 84.6 Å². The van der Waals surface area contributed by atoms with Crippen LogP contribution in [0.3, 0.4) is 0 Å². The lowest BCUT2D eigenvalue weighted by molar-refractivity contribution is -0.142. The molecule has 1 aliphatic rings.